The van der Waals surface area contributed by atoms with Gasteiger partial charge in [0.1, 0.15) is 0 Å². The Labute approximate surface area is 94.0 Å². The van der Waals surface area contributed by atoms with Gasteiger partial charge in [0.25, 0.3) is 0 Å². The number of nitrogens with two attached hydrogens (primary N) is 1. The number of likely N-dealkylation sites (tertiary alicyclic amines) is 1. The summed E-state index contributed by atoms with van der Waals surface area (Å²) in [5.41, 5.74) is 5.78. The van der Waals surface area contributed by atoms with Gasteiger partial charge in [-0.2, -0.15) is 0 Å². The van der Waals surface area contributed by atoms with Crippen molar-refractivity contribution >= 4 is 0 Å². The van der Waals surface area contributed by atoms with Gasteiger partial charge in [-0.3, -0.25) is 4.90 Å². The van der Waals surface area contributed by atoms with E-state index in [1.54, 1.807) is 0 Å². The van der Waals surface area contributed by atoms with Crippen molar-refractivity contribution in [3.8, 4) is 0 Å². The summed E-state index contributed by atoms with van der Waals surface area (Å²) in [5, 5.41) is 0. The van der Waals surface area contributed by atoms with Gasteiger partial charge < -0.3 is 10.5 Å². The fourth-order valence-electron chi connectivity index (χ4n) is 2.29. The summed E-state index contributed by atoms with van der Waals surface area (Å²) >= 11 is 0. The molecule has 2 unspecified atom stereocenters. The molecular weight excluding hydrogens is 188 g/mol. The van der Waals surface area contributed by atoms with Crippen molar-refractivity contribution in [3.63, 3.8) is 0 Å². The number of hydrogen-bond donors (Lipinski definition) is 1. The van der Waals surface area contributed by atoms with E-state index in [0.717, 1.165) is 32.5 Å². The average Bonchev–Trinajstić information content (AvgIpc) is 2.29. The van der Waals surface area contributed by atoms with Gasteiger partial charge in [0.05, 0.1) is 6.10 Å². The molecule has 1 rings (SSSR count). The molecule has 1 fully saturated rings. The molecule has 0 amide bonds. The number of ether oxygens (including phenoxy) is 1. The van der Waals surface area contributed by atoms with Gasteiger partial charge in [-0.25, -0.2) is 0 Å². The SMILES string of the molecule is CCCOC1CCCN(C(CC)CN)C1. The minimum atomic E-state index is 0.444. The molecule has 2 N–H and O–H groups in total. The van der Waals surface area contributed by atoms with E-state index in [4.69, 9.17) is 10.5 Å². The lowest BCUT2D eigenvalue weighted by atomic mass is 10.0. The van der Waals surface area contributed by atoms with Crippen LogP contribution in [0.5, 0.6) is 0 Å². The molecule has 0 saturated carbocycles. The average molecular weight is 214 g/mol. The predicted molar refractivity (Wildman–Crippen MR) is 64.0 cm³/mol. The summed E-state index contributed by atoms with van der Waals surface area (Å²) in [6.45, 7) is 8.33. The van der Waals surface area contributed by atoms with Crippen LogP contribution in [0.2, 0.25) is 0 Å². The van der Waals surface area contributed by atoms with Crippen molar-refractivity contribution < 1.29 is 4.74 Å². The third-order valence-corrected chi connectivity index (χ3v) is 3.23. The van der Waals surface area contributed by atoms with E-state index in [-0.39, 0.29) is 0 Å². The van der Waals surface area contributed by atoms with Gasteiger partial charge in [-0.15, -0.1) is 0 Å². The van der Waals surface area contributed by atoms with E-state index in [9.17, 15) is 0 Å². The quantitative estimate of drug-likeness (QED) is 0.730. The van der Waals surface area contributed by atoms with Crippen LogP contribution in [0.15, 0.2) is 0 Å². The highest BCUT2D eigenvalue weighted by Crippen LogP contribution is 2.16. The number of piperidine rings is 1. The molecule has 0 aromatic carbocycles. The highest BCUT2D eigenvalue weighted by atomic mass is 16.5. The Bertz CT molecular complexity index is 160. The van der Waals surface area contributed by atoms with Gasteiger partial charge in [-0.05, 0) is 32.2 Å². The normalized spacial score (nSPS) is 25.4. The maximum absolute atomic E-state index is 5.82. The van der Waals surface area contributed by atoms with Gasteiger partial charge >= 0.3 is 0 Å². The van der Waals surface area contributed by atoms with Crippen LogP contribution < -0.4 is 5.73 Å². The summed E-state index contributed by atoms with van der Waals surface area (Å²) < 4.78 is 5.82. The van der Waals surface area contributed by atoms with Crippen molar-refractivity contribution in [1.29, 1.82) is 0 Å². The number of hydrogen-bond acceptors (Lipinski definition) is 3. The zero-order chi connectivity index (χ0) is 11.1. The lowest BCUT2D eigenvalue weighted by molar-refractivity contribution is -0.0118. The van der Waals surface area contributed by atoms with Crippen molar-refractivity contribution in [3.05, 3.63) is 0 Å². The summed E-state index contributed by atoms with van der Waals surface area (Å²) in [4.78, 5) is 2.50. The second-order valence-electron chi connectivity index (χ2n) is 4.43. The monoisotopic (exact) mass is 214 g/mol. The summed E-state index contributed by atoms with van der Waals surface area (Å²) in [5.74, 6) is 0. The first-order chi connectivity index (χ1) is 7.31. The van der Waals surface area contributed by atoms with Gasteiger partial charge in [0.2, 0.25) is 0 Å². The molecule has 0 bridgehead atoms. The summed E-state index contributed by atoms with van der Waals surface area (Å²) in [6.07, 6.45) is 5.18. The first-order valence-electron chi connectivity index (χ1n) is 6.37. The lowest BCUT2D eigenvalue weighted by Gasteiger charge is -2.37. The lowest BCUT2D eigenvalue weighted by Crippen LogP contribution is -2.48. The van der Waals surface area contributed by atoms with Crippen LogP contribution in [0, 0.1) is 0 Å². The molecule has 1 heterocycles. The van der Waals surface area contributed by atoms with Gasteiger partial charge in [0.15, 0.2) is 0 Å². The molecular formula is C12H26N2O. The molecule has 0 aromatic rings. The standard InChI is InChI=1S/C12H26N2O/c1-3-8-15-12-6-5-7-14(10-12)11(4-2)9-13/h11-12H,3-10,13H2,1-2H3. The molecule has 2 atom stereocenters. The van der Waals surface area contributed by atoms with Gasteiger partial charge in [-0.1, -0.05) is 13.8 Å². The maximum atomic E-state index is 5.82. The van der Waals surface area contributed by atoms with E-state index in [1.807, 2.05) is 0 Å². The Hall–Kier alpha value is -0.120. The van der Waals surface area contributed by atoms with Crippen LogP contribution in [0.1, 0.15) is 39.5 Å². The molecule has 0 spiro atoms. The molecule has 3 heteroatoms. The molecule has 1 aliphatic rings. The highest BCUT2D eigenvalue weighted by Gasteiger charge is 2.24. The van der Waals surface area contributed by atoms with Gasteiger partial charge in [0, 0.05) is 25.7 Å². The smallest absolute Gasteiger partial charge is 0.0702 e. The molecule has 3 nitrogen and oxygen atoms in total. The molecule has 0 aromatic heterocycles. The Morgan fingerprint density at radius 1 is 1.47 bits per heavy atom. The van der Waals surface area contributed by atoms with E-state index in [0.29, 0.717) is 12.1 Å². The minimum Gasteiger partial charge on any atom is -0.377 e. The van der Waals surface area contributed by atoms with Crippen LogP contribution in [0.4, 0.5) is 0 Å². The van der Waals surface area contributed by atoms with Crippen LogP contribution >= 0.6 is 0 Å². The Balaban J connectivity index is 2.33. The van der Waals surface area contributed by atoms with Crippen molar-refractivity contribution in [1.82, 2.24) is 4.90 Å². The first-order valence-corrected chi connectivity index (χ1v) is 6.37. The maximum Gasteiger partial charge on any atom is 0.0702 e. The van der Waals surface area contributed by atoms with E-state index >= 15 is 0 Å². The zero-order valence-corrected chi connectivity index (χ0v) is 10.2. The number of nitrogens with zero attached hydrogens (tertiary/aromatic N) is 1. The molecule has 1 saturated heterocycles. The second-order valence-corrected chi connectivity index (χ2v) is 4.43. The van der Waals surface area contributed by atoms with Crippen LogP contribution in [0.3, 0.4) is 0 Å². The van der Waals surface area contributed by atoms with Crippen molar-refractivity contribution in [2.75, 3.05) is 26.2 Å². The topological polar surface area (TPSA) is 38.5 Å². The predicted octanol–water partition coefficient (Wildman–Crippen LogP) is 1.61. The first kappa shape index (κ1) is 12.9. The van der Waals surface area contributed by atoms with Crippen LogP contribution in [-0.4, -0.2) is 43.3 Å². The Morgan fingerprint density at radius 3 is 2.87 bits per heavy atom. The minimum absolute atomic E-state index is 0.444. The Morgan fingerprint density at radius 2 is 2.27 bits per heavy atom. The third kappa shape index (κ3) is 4.09. The zero-order valence-electron chi connectivity index (χ0n) is 10.2. The highest BCUT2D eigenvalue weighted by molar-refractivity contribution is 4.79. The molecule has 0 aliphatic carbocycles. The van der Waals surface area contributed by atoms with Crippen molar-refractivity contribution in [2.24, 2.45) is 5.73 Å². The number of rotatable bonds is 6. The van der Waals surface area contributed by atoms with E-state index < -0.39 is 0 Å². The van der Waals surface area contributed by atoms with Crippen LogP contribution in [-0.2, 0) is 4.74 Å². The molecule has 90 valence electrons. The third-order valence-electron chi connectivity index (χ3n) is 3.23. The largest absolute Gasteiger partial charge is 0.377 e. The second kappa shape index (κ2) is 7.20. The summed E-state index contributed by atoms with van der Waals surface area (Å²) in [7, 11) is 0. The molecule has 1 aliphatic heterocycles. The van der Waals surface area contributed by atoms with Crippen molar-refractivity contribution in [2.45, 2.75) is 51.7 Å². The van der Waals surface area contributed by atoms with E-state index in [1.165, 1.54) is 19.4 Å². The van der Waals surface area contributed by atoms with E-state index in [2.05, 4.69) is 18.7 Å². The fraction of sp³-hybridized carbons (Fsp3) is 1.00. The fourth-order valence-corrected chi connectivity index (χ4v) is 2.29. The summed E-state index contributed by atoms with van der Waals surface area (Å²) in [6, 6.07) is 0.554. The molecule has 15 heavy (non-hydrogen) atoms. The van der Waals surface area contributed by atoms with Crippen LogP contribution in [0.25, 0.3) is 0 Å². The Kier molecular flexibility index (Phi) is 6.22. The molecule has 0 radical (unpaired) electrons.